The fraction of sp³-hybridized carbons (Fsp3) is 0.129. The number of phenols is 1. The van der Waals surface area contributed by atoms with Crippen molar-refractivity contribution in [2.45, 2.75) is 25.0 Å². The summed E-state index contributed by atoms with van der Waals surface area (Å²) in [7, 11) is 0. The number of hydrogen-bond donors (Lipinski definition) is 3. The highest BCUT2D eigenvalue weighted by atomic mass is 16.3. The standard InChI is InChI=1S/C31H28N4O3/c32-20-24-9-7-8-23(18-24)19-28(33)30(37)35(21-22-14-16-27(36)17-15-22)31(38)34-29(25-10-3-1-4-11-25)26-12-5-2-6-13-26/h1-18,28-29,36H,19,21,33H2,(H,34,38). The number of urea groups is 1. The van der Waals surface area contributed by atoms with Crippen LogP contribution in [0.25, 0.3) is 0 Å². The quantitative estimate of drug-likeness (QED) is 0.322. The molecule has 0 spiro atoms. The van der Waals surface area contributed by atoms with Gasteiger partial charge in [-0.3, -0.25) is 9.69 Å². The minimum atomic E-state index is -1.02. The Balaban J connectivity index is 1.62. The first-order chi connectivity index (χ1) is 18.4. The topological polar surface area (TPSA) is 119 Å². The predicted octanol–water partition coefficient (Wildman–Crippen LogP) is 4.66. The van der Waals surface area contributed by atoms with Crippen LogP contribution in [0.1, 0.15) is 33.9 Å². The Morgan fingerprint density at radius 2 is 1.45 bits per heavy atom. The second-order valence-electron chi connectivity index (χ2n) is 8.92. The number of nitrogens with zero attached hydrogens (tertiary/aromatic N) is 2. The monoisotopic (exact) mass is 504 g/mol. The van der Waals surface area contributed by atoms with Gasteiger partial charge in [-0.2, -0.15) is 5.26 Å². The van der Waals surface area contributed by atoms with Crippen molar-refractivity contribution in [2.24, 2.45) is 5.73 Å². The molecular weight excluding hydrogens is 476 g/mol. The van der Waals surface area contributed by atoms with Crippen molar-refractivity contribution in [1.82, 2.24) is 10.2 Å². The highest BCUT2D eigenvalue weighted by molar-refractivity contribution is 5.97. The average molecular weight is 505 g/mol. The van der Waals surface area contributed by atoms with E-state index >= 15 is 0 Å². The van der Waals surface area contributed by atoms with Crippen LogP contribution in [0.2, 0.25) is 0 Å². The Morgan fingerprint density at radius 1 is 0.842 bits per heavy atom. The van der Waals surface area contributed by atoms with Crippen LogP contribution < -0.4 is 11.1 Å². The molecule has 4 rings (SSSR count). The van der Waals surface area contributed by atoms with Crippen LogP contribution in [0.4, 0.5) is 4.79 Å². The summed E-state index contributed by atoms with van der Waals surface area (Å²) in [5.74, 6) is -0.476. The molecule has 0 bridgehead atoms. The molecule has 4 N–H and O–H groups in total. The second-order valence-corrected chi connectivity index (χ2v) is 8.92. The Bertz CT molecular complexity index is 1380. The third-order valence-corrected chi connectivity index (χ3v) is 6.15. The van der Waals surface area contributed by atoms with E-state index in [1.165, 1.54) is 12.1 Å². The number of hydrogen-bond acceptors (Lipinski definition) is 5. The molecule has 1 unspecified atom stereocenters. The van der Waals surface area contributed by atoms with Crippen molar-refractivity contribution >= 4 is 11.9 Å². The Kier molecular flexibility index (Phi) is 8.50. The second kappa shape index (κ2) is 12.3. The van der Waals surface area contributed by atoms with Gasteiger partial charge in [-0.25, -0.2) is 4.79 Å². The molecule has 0 aliphatic rings. The summed E-state index contributed by atoms with van der Waals surface area (Å²) in [5.41, 5.74) is 9.89. The van der Waals surface area contributed by atoms with E-state index in [1.807, 2.05) is 60.7 Å². The van der Waals surface area contributed by atoms with Gasteiger partial charge < -0.3 is 16.2 Å². The molecule has 38 heavy (non-hydrogen) atoms. The fourth-order valence-corrected chi connectivity index (χ4v) is 4.19. The molecule has 0 heterocycles. The van der Waals surface area contributed by atoms with Crippen LogP contribution in [-0.4, -0.2) is 28.0 Å². The van der Waals surface area contributed by atoms with Gasteiger partial charge in [0, 0.05) is 0 Å². The summed E-state index contributed by atoms with van der Waals surface area (Å²) < 4.78 is 0. The Hall–Kier alpha value is -4.93. The van der Waals surface area contributed by atoms with E-state index in [9.17, 15) is 20.0 Å². The molecule has 7 heteroatoms. The summed E-state index contributed by atoms with van der Waals surface area (Å²) in [5, 5.41) is 21.9. The minimum absolute atomic E-state index is 0.0345. The first-order valence-electron chi connectivity index (χ1n) is 12.2. The highest BCUT2D eigenvalue weighted by Gasteiger charge is 2.29. The number of carbonyl (C=O) groups is 2. The lowest BCUT2D eigenvalue weighted by Crippen LogP contribution is -2.51. The third-order valence-electron chi connectivity index (χ3n) is 6.15. The van der Waals surface area contributed by atoms with Crippen molar-refractivity contribution < 1.29 is 14.7 Å². The zero-order valence-electron chi connectivity index (χ0n) is 20.7. The summed E-state index contributed by atoms with van der Waals surface area (Å²) in [6, 6.07) is 32.2. The van der Waals surface area contributed by atoms with E-state index in [2.05, 4.69) is 11.4 Å². The van der Waals surface area contributed by atoms with Crippen LogP contribution >= 0.6 is 0 Å². The lowest BCUT2D eigenvalue weighted by atomic mass is 9.99. The normalized spacial score (nSPS) is 11.4. The minimum Gasteiger partial charge on any atom is -0.508 e. The summed E-state index contributed by atoms with van der Waals surface area (Å²) in [6.45, 7) is -0.0345. The maximum absolute atomic E-state index is 13.7. The van der Waals surface area contributed by atoms with Gasteiger partial charge in [0.1, 0.15) is 5.75 Å². The Labute approximate surface area is 221 Å². The fourth-order valence-electron chi connectivity index (χ4n) is 4.19. The van der Waals surface area contributed by atoms with Gasteiger partial charge in [-0.15, -0.1) is 0 Å². The van der Waals surface area contributed by atoms with Crippen LogP contribution in [0.15, 0.2) is 109 Å². The van der Waals surface area contributed by atoms with E-state index < -0.39 is 24.0 Å². The van der Waals surface area contributed by atoms with E-state index in [-0.39, 0.29) is 18.7 Å². The molecule has 190 valence electrons. The first kappa shape index (κ1) is 26.1. The summed E-state index contributed by atoms with van der Waals surface area (Å²) in [6.07, 6.45) is 0.161. The van der Waals surface area contributed by atoms with E-state index in [1.54, 1.807) is 36.4 Å². The molecule has 4 aromatic rings. The molecule has 1 atom stereocenters. The van der Waals surface area contributed by atoms with Crippen molar-refractivity contribution in [3.63, 3.8) is 0 Å². The molecule has 4 aromatic carbocycles. The van der Waals surface area contributed by atoms with Crippen molar-refractivity contribution in [2.75, 3.05) is 0 Å². The number of benzene rings is 4. The van der Waals surface area contributed by atoms with Crippen LogP contribution in [-0.2, 0) is 17.8 Å². The van der Waals surface area contributed by atoms with E-state index in [0.717, 1.165) is 21.6 Å². The maximum atomic E-state index is 13.7. The molecule has 0 fully saturated rings. The maximum Gasteiger partial charge on any atom is 0.325 e. The number of nitrogens with two attached hydrogens (primary N) is 1. The van der Waals surface area contributed by atoms with E-state index in [0.29, 0.717) is 11.1 Å². The van der Waals surface area contributed by atoms with Crippen LogP contribution in [0.5, 0.6) is 5.75 Å². The lowest BCUT2D eigenvalue weighted by molar-refractivity contribution is -0.130. The number of nitrogens with one attached hydrogen (secondary N) is 1. The van der Waals surface area contributed by atoms with Gasteiger partial charge in [0.15, 0.2) is 0 Å². The molecular formula is C31H28N4O3. The highest BCUT2D eigenvalue weighted by Crippen LogP contribution is 2.23. The van der Waals surface area contributed by atoms with Crippen molar-refractivity contribution in [3.8, 4) is 11.8 Å². The van der Waals surface area contributed by atoms with Gasteiger partial charge >= 0.3 is 6.03 Å². The predicted molar refractivity (Wildman–Crippen MR) is 145 cm³/mol. The average Bonchev–Trinajstić information content (AvgIpc) is 2.96. The number of carbonyl (C=O) groups excluding carboxylic acids is 2. The van der Waals surface area contributed by atoms with Gasteiger partial charge in [0.05, 0.1) is 30.3 Å². The largest absolute Gasteiger partial charge is 0.508 e. The summed E-state index contributed by atoms with van der Waals surface area (Å²) in [4.78, 5) is 28.4. The van der Waals surface area contributed by atoms with E-state index in [4.69, 9.17) is 5.73 Å². The third kappa shape index (κ3) is 6.64. The number of rotatable bonds is 8. The van der Waals surface area contributed by atoms with Crippen LogP contribution in [0, 0.1) is 11.3 Å². The molecule has 0 radical (unpaired) electrons. The number of imide groups is 1. The molecule has 0 saturated heterocycles. The Morgan fingerprint density at radius 3 is 2.03 bits per heavy atom. The first-order valence-corrected chi connectivity index (χ1v) is 12.2. The lowest BCUT2D eigenvalue weighted by Gasteiger charge is -2.28. The number of phenolic OH excluding ortho intramolecular Hbond substituents is 1. The molecule has 0 saturated carbocycles. The van der Waals surface area contributed by atoms with Gasteiger partial charge in [0.25, 0.3) is 0 Å². The zero-order chi connectivity index (χ0) is 26.9. The number of nitriles is 1. The number of aromatic hydroxyl groups is 1. The SMILES string of the molecule is N#Cc1cccc(CC(N)C(=O)N(Cc2ccc(O)cc2)C(=O)NC(c2ccccc2)c2ccccc2)c1. The molecule has 3 amide bonds. The molecule has 0 aliphatic heterocycles. The van der Waals surface area contributed by atoms with Gasteiger partial charge in [-0.1, -0.05) is 84.9 Å². The molecule has 0 aliphatic carbocycles. The zero-order valence-corrected chi connectivity index (χ0v) is 20.7. The smallest absolute Gasteiger partial charge is 0.325 e. The van der Waals surface area contributed by atoms with Crippen molar-refractivity contribution in [3.05, 3.63) is 137 Å². The molecule has 0 aromatic heterocycles. The molecule has 7 nitrogen and oxygen atoms in total. The number of amides is 3. The van der Waals surface area contributed by atoms with Crippen molar-refractivity contribution in [1.29, 1.82) is 5.26 Å². The van der Waals surface area contributed by atoms with Gasteiger partial charge in [-0.05, 0) is 52.9 Å². The van der Waals surface area contributed by atoms with Crippen LogP contribution in [0.3, 0.4) is 0 Å². The van der Waals surface area contributed by atoms with Gasteiger partial charge in [0.2, 0.25) is 5.91 Å². The summed E-state index contributed by atoms with van der Waals surface area (Å²) >= 11 is 0.